The second-order valence-corrected chi connectivity index (χ2v) is 6.44. The third-order valence-electron chi connectivity index (χ3n) is 4.59. The summed E-state index contributed by atoms with van der Waals surface area (Å²) in [6.07, 6.45) is 2.13. The Hall–Kier alpha value is -2.66. The van der Waals surface area contributed by atoms with E-state index < -0.39 is 12.1 Å². The molecule has 1 aliphatic rings. The Bertz CT molecular complexity index is 736. The number of amides is 1. The number of nitrogens with zero attached hydrogens (tertiary/aromatic N) is 1. The van der Waals surface area contributed by atoms with Gasteiger partial charge in [0.05, 0.1) is 12.2 Å². The summed E-state index contributed by atoms with van der Waals surface area (Å²) in [6.45, 7) is 1.31. The van der Waals surface area contributed by atoms with Crippen LogP contribution in [0.25, 0.3) is 0 Å². The minimum Gasteiger partial charge on any atom is -0.444 e. The van der Waals surface area contributed by atoms with Crippen LogP contribution >= 0.6 is 0 Å². The highest BCUT2D eigenvalue weighted by Gasteiger charge is 2.30. The Balaban J connectivity index is 1.80. The lowest BCUT2D eigenvalue weighted by Gasteiger charge is -2.30. The van der Waals surface area contributed by atoms with Gasteiger partial charge in [0.15, 0.2) is 0 Å². The molecule has 0 spiro atoms. The Morgan fingerprint density at radius 1 is 0.962 bits per heavy atom. The fraction of sp³-hybridized carbons (Fsp3) is 0.333. The fourth-order valence-electron chi connectivity index (χ4n) is 3.09. The number of rotatable bonds is 5. The second kappa shape index (κ2) is 8.63. The van der Waals surface area contributed by atoms with Crippen LogP contribution in [-0.2, 0) is 16.1 Å². The summed E-state index contributed by atoms with van der Waals surface area (Å²) >= 11 is 0. The largest absolute Gasteiger partial charge is 0.444 e. The zero-order chi connectivity index (χ0) is 18.4. The van der Waals surface area contributed by atoms with E-state index in [4.69, 9.17) is 9.84 Å². The molecule has 0 radical (unpaired) electrons. The minimum absolute atomic E-state index is 0.0879. The van der Waals surface area contributed by atoms with E-state index in [0.29, 0.717) is 29.8 Å². The van der Waals surface area contributed by atoms with Crippen molar-refractivity contribution in [2.75, 3.05) is 13.1 Å². The van der Waals surface area contributed by atoms with E-state index in [9.17, 15) is 9.59 Å². The maximum atomic E-state index is 13.0. The maximum absolute atomic E-state index is 13.0. The van der Waals surface area contributed by atoms with Crippen LogP contribution in [0.4, 0.5) is 0 Å². The molecule has 5 nitrogen and oxygen atoms in total. The van der Waals surface area contributed by atoms with Gasteiger partial charge in [-0.3, -0.25) is 4.79 Å². The number of hydrogen-bond donors (Lipinski definition) is 1. The third kappa shape index (κ3) is 4.29. The van der Waals surface area contributed by atoms with Gasteiger partial charge < -0.3 is 14.7 Å². The van der Waals surface area contributed by atoms with Crippen molar-refractivity contribution in [2.45, 2.75) is 32.0 Å². The van der Waals surface area contributed by atoms with Gasteiger partial charge in [0.25, 0.3) is 5.91 Å². The Morgan fingerprint density at radius 3 is 2.23 bits per heavy atom. The highest BCUT2D eigenvalue weighted by Crippen LogP contribution is 2.24. The molecule has 0 saturated carbocycles. The molecule has 136 valence electrons. The average molecular weight is 353 g/mol. The molecular weight excluding hydrogens is 330 g/mol. The van der Waals surface area contributed by atoms with Gasteiger partial charge >= 0.3 is 5.97 Å². The molecule has 0 bridgehead atoms. The van der Waals surface area contributed by atoms with Crippen molar-refractivity contribution in [3.63, 3.8) is 0 Å². The van der Waals surface area contributed by atoms with E-state index in [2.05, 4.69) is 0 Å². The van der Waals surface area contributed by atoms with Crippen molar-refractivity contribution in [1.82, 2.24) is 4.90 Å². The summed E-state index contributed by atoms with van der Waals surface area (Å²) in [4.78, 5) is 27.3. The van der Waals surface area contributed by atoms with E-state index >= 15 is 0 Å². The number of aliphatic hydroxyl groups is 1. The molecule has 5 heteroatoms. The first-order chi connectivity index (χ1) is 12.7. The molecule has 0 unspecified atom stereocenters. The number of benzene rings is 2. The quantitative estimate of drug-likeness (QED) is 0.839. The number of esters is 1. The number of piperidine rings is 1. The average Bonchev–Trinajstić information content (AvgIpc) is 2.72. The summed E-state index contributed by atoms with van der Waals surface area (Å²) in [6, 6.07) is 15.7. The molecule has 0 aromatic heterocycles. The Morgan fingerprint density at radius 2 is 1.62 bits per heavy atom. The van der Waals surface area contributed by atoms with Gasteiger partial charge in [-0.25, -0.2) is 4.79 Å². The van der Waals surface area contributed by atoms with E-state index in [0.717, 1.165) is 19.3 Å². The molecule has 1 aliphatic heterocycles. The van der Waals surface area contributed by atoms with Crippen molar-refractivity contribution in [3.05, 3.63) is 71.3 Å². The zero-order valence-corrected chi connectivity index (χ0v) is 14.6. The third-order valence-corrected chi connectivity index (χ3v) is 4.59. The topological polar surface area (TPSA) is 66.8 Å². The smallest absolute Gasteiger partial charge is 0.339 e. The van der Waals surface area contributed by atoms with Gasteiger partial charge in [-0.05, 0) is 37.0 Å². The van der Waals surface area contributed by atoms with Gasteiger partial charge in [0.1, 0.15) is 0 Å². The van der Waals surface area contributed by atoms with Crippen molar-refractivity contribution in [2.24, 2.45) is 0 Å². The number of carbonyl (C=O) groups excluding carboxylic acids is 2. The van der Waals surface area contributed by atoms with Crippen LogP contribution < -0.4 is 0 Å². The molecular formula is C21H23NO4. The van der Waals surface area contributed by atoms with Crippen molar-refractivity contribution in [1.29, 1.82) is 0 Å². The first kappa shape index (κ1) is 18.1. The van der Waals surface area contributed by atoms with Crippen molar-refractivity contribution >= 4 is 11.9 Å². The first-order valence-corrected chi connectivity index (χ1v) is 8.93. The number of carbonyl (C=O) groups is 2. The number of likely N-dealkylation sites (tertiary alicyclic amines) is 1. The highest BCUT2D eigenvalue weighted by atomic mass is 16.5. The van der Waals surface area contributed by atoms with Crippen LogP contribution in [0.3, 0.4) is 0 Å². The van der Waals surface area contributed by atoms with E-state index in [1.54, 1.807) is 41.3 Å². The van der Waals surface area contributed by atoms with Crippen LogP contribution in [0.5, 0.6) is 0 Å². The lowest BCUT2D eigenvalue weighted by Crippen LogP contribution is -2.40. The van der Waals surface area contributed by atoms with E-state index in [1.165, 1.54) is 0 Å². The van der Waals surface area contributed by atoms with Crippen molar-refractivity contribution < 1.29 is 19.4 Å². The molecule has 26 heavy (non-hydrogen) atoms. The standard InChI is InChI=1S/C21H23NO4/c23-15-16-9-11-18(12-10-16)21(25)26-19(17-7-3-1-4-8-17)20(24)22-13-5-2-6-14-22/h1,3-4,7-12,19,23H,2,5-6,13-15H2/t19-/m1/s1. The second-order valence-electron chi connectivity index (χ2n) is 6.44. The van der Waals surface area contributed by atoms with E-state index in [1.807, 2.05) is 18.2 Å². The Kier molecular flexibility index (Phi) is 6.02. The van der Waals surface area contributed by atoms with Gasteiger partial charge in [-0.2, -0.15) is 0 Å². The molecule has 1 amide bonds. The lowest BCUT2D eigenvalue weighted by atomic mass is 10.1. The predicted octanol–water partition coefficient (Wildman–Crippen LogP) is 3.09. The van der Waals surface area contributed by atoms with Gasteiger partial charge in [0, 0.05) is 18.7 Å². The summed E-state index contributed by atoms with van der Waals surface area (Å²) in [7, 11) is 0. The SMILES string of the molecule is O=C(O[C@@H](C(=O)N1CCCCC1)c1ccccc1)c1ccc(CO)cc1. The van der Waals surface area contributed by atoms with Crippen LogP contribution in [0.2, 0.25) is 0 Å². The van der Waals surface area contributed by atoms with Crippen molar-refractivity contribution in [3.8, 4) is 0 Å². The van der Waals surface area contributed by atoms with Crippen LogP contribution in [0.15, 0.2) is 54.6 Å². The summed E-state index contributed by atoms with van der Waals surface area (Å²) in [5, 5.41) is 9.11. The van der Waals surface area contributed by atoms with E-state index in [-0.39, 0.29) is 12.5 Å². The zero-order valence-electron chi connectivity index (χ0n) is 14.6. The van der Waals surface area contributed by atoms with Gasteiger partial charge in [0.2, 0.25) is 6.10 Å². The summed E-state index contributed by atoms with van der Waals surface area (Å²) < 4.78 is 5.62. The molecule has 1 atom stereocenters. The number of hydrogen-bond acceptors (Lipinski definition) is 4. The summed E-state index contributed by atoms with van der Waals surface area (Å²) in [5.74, 6) is -0.718. The van der Waals surface area contributed by atoms with Crippen LogP contribution in [-0.4, -0.2) is 35.0 Å². The molecule has 1 N–H and O–H groups in total. The fourth-order valence-corrected chi connectivity index (χ4v) is 3.09. The monoisotopic (exact) mass is 353 g/mol. The van der Waals surface area contributed by atoms with Crippen LogP contribution in [0, 0.1) is 0 Å². The first-order valence-electron chi connectivity index (χ1n) is 8.93. The van der Waals surface area contributed by atoms with Crippen LogP contribution in [0.1, 0.15) is 46.9 Å². The maximum Gasteiger partial charge on any atom is 0.339 e. The predicted molar refractivity (Wildman–Crippen MR) is 97.4 cm³/mol. The Labute approximate surface area is 153 Å². The molecule has 1 saturated heterocycles. The summed E-state index contributed by atoms with van der Waals surface area (Å²) in [5.41, 5.74) is 1.74. The molecule has 1 fully saturated rings. The molecule has 1 heterocycles. The molecule has 2 aromatic carbocycles. The lowest BCUT2D eigenvalue weighted by molar-refractivity contribution is -0.142. The minimum atomic E-state index is -0.945. The highest BCUT2D eigenvalue weighted by molar-refractivity contribution is 5.92. The molecule has 2 aromatic rings. The van der Waals surface area contributed by atoms with Gasteiger partial charge in [-0.1, -0.05) is 42.5 Å². The number of ether oxygens (including phenoxy) is 1. The molecule has 3 rings (SSSR count). The number of aliphatic hydroxyl groups excluding tert-OH is 1. The normalized spacial score (nSPS) is 15.3. The van der Waals surface area contributed by atoms with Gasteiger partial charge in [-0.15, -0.1) is 0 Å². The molecule has 0 aliphatic carbocycles.